The first-order chi connectivity index (χ1) is 19.2. The minimum Gasteiger partial charge on any atom is -0.490 e. The summed E-state index contributed by atoms with van der Waals surface area (Å²) in [6.07, 6.45) is 3.64. The van der Waals surface area contributed by atoms with Crippen molar-refractivity contribution in [1.82, 2.24) is 9.66 Å². The van der Waals surface area contributed by atoms with E-state index in [1.54, 1.807) is 43.3 Å². The van der Waals surface area contributed by atoms with Crippen LogP contribution in [0.3, 0.4) is 0 Å². The molecular formula is C28H25BrCl2N4O5. The molecule has 40 heavy (non-hydrogen) atoms. The zero-order valence-corrected chi connectivity index (χ0v) is 24.8. The number of halogens is 3. The molecule has 0 amide bonds. The second-order valence-electron chi connectivity index (χ2n) is 8.75. The van der Waals surface area contributed by atoms with Gasteiger partial charge in [-0.15, -0.1) is 0 Å². The van der Waals surface area contributed by atoms with E-state index in [0.717, 1.165) is 17.3 Å². The van der Waals surface area contributed by atoms with Crippen LogP contribution in [-0.4, -0.2) is 27.4 Å². The molecule has 4 aromatic rings. The van der Waals surface area contributed by atoms with Crippen molar-refractivity contribution in [3.8, 4) is 11.5 Å². The molecule has 12 heteroatoms. The van der Waals surface area contributed by atoms with E-state index >= 15 is 0 Å². The predicted octanol–water partition coefficient (Wildman–Crippen LogP) is 7.58. The third-order valence-corrected chi connectivity index (χ3v) is 7.11. The predicted molar refractivity (Wildman–Crippen MR) is 160 cm³/mol. The first-order valence-electron chi connectivity index (χ1n) is 12.5. The van der Waals surface area contributed by atoms with Crippen LogP contribution < -0.4 is 15.0 Å². The Balaban J connectivity index is 1.75. The monoisotopic (exact) mass is 646 g/mol. The summed E-state index contributed by atoms with van der Waals surface area (Å²) >= 11 is 15.5. The van der Waals surface area contributed by atoms with Gasteiger partial charge in [0.2, 0.25) is 5.75 Å². The smallest absolute Gasteiger partial charge is 0.315 e. The molecule has 0 unspecified atom stereocenters. The Kier molecular flexibility index (Phi) is 9.78. The lowest BCUT2D eigenvalue weighted by Crippen LogP contribution is -2.22. The molecule has 1 aromatic heterocycles. The van der Waals surface area contributed by atoms with Crippen molar-refractivity contribution >= 4 is 61.9 Å². The molecule has 1 heterocycles. The van der Waals surface area contributed by atoms with Gasteiger partial charge in [0, 0.05) is 22.5 Å². The van der Waals surface area contributed by atoms with Crippen LogP contribution in [0.25, 0.3) is 10.9 Å². The van der Waals surface area contributed by atoms with E-state index in [2.05, 4.69) is 26.0 Å². The Bertz CT molecular complexity index is 1660. The van der Waals surface area contributed by atoms with Gasteiger partial charge in [0.05, 0.1) is 38.7 Å². The van der Waals surface area contributed by atoms with Crippen LogP contribution in [0.15, 0.2) is 62.9 Å². The number of rotatable bonds is 11. The summed E-state index contributed by atoms with van der Waals surface area (Å²) in [7, 11) is 0. The maximum atomic E-state index is 13.4. The molecule has 9 nitrogen and oxygen atoms in total. The number of fused-ring (bicyclic) bond motifs is 1. The number of hydrogen-bond donors (Lipinski definition) is 0. The van der Waals surface area contributed by atoms with Crippen LogP contribution in [0, 0.1) is 10.1 Å². The molecule has 0 bridgehead atoms. The quantitative estimate of drug-likeness (QED) is 0.0943. The molecule has 3 aromatic carbocycles. The van der Waals surface area contributed by atoms with E-state index in [1.165, 1.54) is 17.0 Å². The number of nitrogens with zero attached hydrogens (tertiary/aromatic N) is 4. The number of ether oxygens (including phenoxy) is 2. The Morgan fingerprint density at radius 3 is 2.60 bits per heavy atom. The second-order valence-corrected chi connectivity index (χ2v) is 10.5. The summed E-state index contributed by atoms with van der Waals surface area (Å²) in [5, 5.41) is 17.6. The van der Waals surface area contributed by atoms with E-state index in [1.807, 2.05) is 13.0 Å². The molecule has 0 aliphatic rings. The first-order valence-corrected chi connectivity index (χ1v) is 14.0. The fourth-order valence-electron chi connectivity index (χ4n) is 3.95. The van der Waals surface area contributed by atoms with Crippen LogP contribution >= 0.6 is 39.1 Å². The fraction of sp³-hybridized carbons (Fsp3) is 0.250. The average Bonchev–Trinajstić information content (AvgIpc) is 2.93. The maximum Gasteiger partial charge on any atom is 0.315 e. The van der Waals surface area contributed by atoms with Crippen LogP contribution in [0.2, 0.25) is 10.0 Å². The Labute approximate surface area is 248 Å². The van der Waals surface area contributed by atoms with Crippen molar-refractivity contribution in [3.63, 3.8) is 0 Å². The van der Waals surface area contributed by atoms with Crippen molar-refractivity contribution in [2.45, 2.75) is 39.7 Å². The van der Waals surface area contributed by atoms with Crippen LogP contribution in [0.1, 0.15) is 43.6 Å². The van der Waals surface area contributed by atoms with Gasteiger partial charge in [0.1, 0.15) is 12.4 Å². The summed E-state index contributed by atoms with van der Waals surface area (Å²) < 4.78 is 13.5. The molecule has 0 spiro atoms. The Morgan fingerprint density at radius 1 is 1.10 bits per heavy atom. The normalized spacial score (nSPS) is 11.3. The number of aromatic nitrogens is 2. The largest absolute Gasteiger partial charge is 0.490 e. The Morgan fingerprint density at radius 2 is 1.90 bits per heavy atom. The highest BCUT2D eigenvalue weighted by molar-refractivity contribution is 9.10. The van der Waals surface area contributed by atoms with Crippen molar-refractivity contribution < 1.29 is 14.4 Å². The molecule has 0 saturated carbocycles. The average molecular weight is 648 g/mol. The van der Waals surface area contributed by atoms with Gasteiger partial charge in [0.25, 0.3) is 5.56 Å². The van der Waals surface area contributed by atoms with E-state index in [-0.39, 0.29) is 36.0 Å². The highest BCUT2D eigenvalue weighted by Crippen LogP contribution is 2.39. The molecule has 0 aliphatic heterocycles. The molecule has 0 N–H and O–H groups in total. The van der Waals surface area contributed by atoms with E-state index < -0.39 is 4.92 Å². The lowest BCUT2D eigenvalue weighted by atomic mass is 10.1. The number of aryl methyl sites for hydroxylation is 1. The van der Waals surface area contributed by atoms with Crippen LogP contribution in [-0.2, 0) is 13.0 Å². The summed E-state index contributed by atoms with van der Waals surface area (Å²) in [4.78, 5) is 29.5. The Hall–Kier alpha value is -3.47. The number of benzene rings is 3. The summed E-state index contributed by atoms with van der Waals surface area (Å²) in [6, 6.07) is 13.1. The molecule has 208 valence electrons. The minimum atomic E-state index is -0.558. The molecule has 0 radical (unpaired) electrons. The third-order valence-electron chi connectivity index (χ3n) is 5.87. The lowest BCUT2D eigenvalue weighted by Gasteiger charge is -2.14. The van der Waals surface area contributed by atoms with Gasteiger partial charge < -0.3 is 9.47 Å². The van der Waals surface area contributed by atoms with E-state index in [9.17, 15) is 14.9 Å². The summed E-state index contributed by atoms with van der Waals surface area (Å²) in [5.41, 5.74) is 0.941. The molecule has 0 aliphatic carbocycles. The SMILES string of the molecule is CCCCc1nc2ccc(Br)cc2c(=O)n1N=Cc1cc(OCC)c(OCc2ccc(Cl)c(Cl)c2)c([N+](=O)[O-])c1. The van der Waals surface area contributed by atoms with Gasteiger partial charge >= 0.3 is 5.69 Å². The van der Waals surface area contributed by atoms with E-state index in [0.29, 0.717) is 44.3 Å². The molecule has 0 atom stereocenters. The fourth-order valence-corrected chi connectivity index (χ4v) is 4.63. The zero-order chi connectivity index (χ0) is 28.8. The van der Waals surface area contributed by atoms with Gasteiger partial charge in [-0.05, 0) is 55.3 Å². The van der Waals surface area contributed by atoms with Gasteiger partial charge in [0.15, 0.2) is 5.75 Å². The number of nitro groups is 1. The highest BCUT2D eigenvalue weighted by Gasteiger charge is 2.23. The zero-order valence-electron chi connectivity index (χ0n) is 21.7. The summed E-state index contributed by atoms with van der Waals surface area (Å²) in [5.74, 6) is 0.629. The number of nitro benzene ring substituents is 1. The lowest BCUT2D eigenvalue weighted by molar-refractivity contribution is -0.386. The number of unbranched alkanes of at least 4 members (excludes halogenated alkanes) is 1. The standard InChI is InChI=1S/C28H25BrCl2N4O5/c1-3-5-6-26-33-23-10-8-19(29)14-20(23)28(36)34(26)32-15-18-12-24(35(37)38)27(25(13-18)39-4-2)40-16-17-7-9-21(30)22(31)11-17/h7-15H,3-6,16H2,1-2H3. The summed E-state index contributed by atoms with van der Waals surface area (Å²) in [6.45, 7) is 4.04. The van der Waals surface area contributed by atoms with Crippen LogP contribution in [0.4, 0.5) is 5.69 Å². The van der Waals surface area contributed by atoms with Gasteiger partial charge in [-0.25, -0.2) is 4.98 Å². The van der Waals surface area contributed by atoms with Crippen molar-refractivity contribution in [2.24, 2.45) is 5.10 Å². The van der Waals surface area contributed by atoms with E-state index in [4.69, 9.17) is 32.7 Å². The van der Waals surface area contributed by atoms with Crippen LogP contribution in [0.5, 0.6) is 11.5 Å². The topological polar surface area (TPSA) is 109 Å². The first kappa shape index (κ1) is 29.5. The number of hydrogen-bond acceptors (Lipinski definition) is 7. The highest BCUT2D eigenvalue weighted by atomic mass is 79.9. The van der Waals surface area contributed by atoms with Crippen molar-refractivity contribution in [2.75, 3.05) is 6.61 Å². The van der Waals surface area contributed by atoms with Gasteiger partial charge in [-0.1, -0.05) is 58.5 Å². The minimum absolute atomic E-state index is 0.000258. The maximum absolute atomic E-state index is 13.4. The molecular weight excluding hydrogens is 623 g/mol. The third kappa shape index (κ3) is 6.80. The van der Waals surface area contributed by atoms with Crippen molar-refractivity contribution in [3.05, 3.63) is 100 Å². The van der Waals surface area contributed by atoms with Crippen molar-refractivity contribution in [1.29, 1.82) is 0 Å². The molecule has 0 saturated heterocycles. The molecule has 0 fully saturated rings. The second kappa shape index (κ2) is 13.3. The molecule has 4 rings (SSSR count). The van der Waals surface area contributed by atoms with Gasteiger partial charge in [-0.2, -0.15) is 9.78 Å². The van der Waals surface area contributed by atoms with Gasteiger partial charge in [-0.3, -0.25) is 14.9 Å².